The number of halogens is 1. The lowest BCUT2D eigenvalue weighted by Crippen LogP contribution is -2.44. The van der Waals surface area contributed by atoms with Crippen LogP contribution in [0.4, 0.5) is 4.79 Å². The third kappa shape index (κ3) is 3.83. The summed E-state index contributed by atoms with van der Waals surface area (Å²) < 4.78 is 5.57. The van der Waals surface area contributed by atoms with Crippen LogP contribution in [0, 0.1) is 5.41 Å². The van der Waals surface area contributed by atoms with Crippen molar-refractivity contribution in [2.24, 2.45) is 5.41 Å². The number of carboxylic acid groups (broad SMARTS) is 1. The molecule has 1 heterocycles. The van der Waals surface area contributed by atoms with Crippen LogP contribution in [0.5, 0.6) is 0 Å². The molecule has 26 heavy (non-hydrogen) atoms. The average molecular weight is 380 g/mol. The highest BCUT2D eigenvalue weighted by atomic mass is 35.5. The molecule has 142 valence electrons. The first-order valence-electron chi connectivity index (χ1n) is 9.08. The summed E-state index contributed by atoms with van der Waals surface area (Å²) >= 11 is 5.95. The minimum absolute atomic E-state index is 0.0433. The molecule has 0 radical (unpaired) electrons. The Morgan fingerprint density at radius 1 is 1.27 bits per heavy atom. The van der Waals surface area contributed by atoms with Crippen LogP contribution in [-0.4, -0.2) is 40.3 Å². The predicted octanol–water partition coefficient (Wildman–Crippen LogP) is 4.69. The van der Waals surface area contributed by atoms with E-state index in [-0.39, 0.29) is 5.41 Å². The van der Waals surface area contributed by atoms with E-state index in [1.54, 1.807) is 29.2 Å². The molecule has 0 bridgehead atoms. The van der Waals surface area contributed by atoms with Crippen LogP contribution in [0.2, 0.25) is 5.02 Å². The van der Waals surface area contributed by atoms with Gasteiger partial charge in [-0.25, -0.2) is 4.79 Å². The molecule has 5 nitrogen and oxygen atoms in total. The molecule has 1 aromatic carbocycles. The maximum atomic E-state index is 12.8. The maximum Gasteiger partial charge on any atom is 0.410 e. The third-order valence-electron chi connectivity index (χ3n) is 5.47. The van der Waals surface area contributed by atoms with Gasteiger partial charge in [-0.05, 0) is 63.1 Å². The summed E-state index contributed by atoms with van der Waals surface area (Å²) in [5.74, 6) is -1.72. The third-order valence-corrected chi connectivity index (χ3v) is 5.72. The summed E-state index contributed by atoms with van der Waals surface area (Å²) in [7, 11) is 0. The van der Waals surface area contributed by atoms with Crippen molar-refractivity contribution in [3.05, 3.63) is 34.9 Å². The fourth-order valence-electron chi connectivity index (χ4n) is 4.15. The van der Waals surface area contributed by atoms with Crippen molar-refractivity contribution < 1.29 is 19.4 Å². The number of carboxylic acids is 1. The molecule has 6 heteroatoms. The first kappa shape index (κ1) is 19.0. The van der Waals surface area contributed by atoms with Crippen LogP contribution >= 0.6 is 11.6 Å². The number of aliphatic carboxylic acids is 1. The molecule has 0 unspecified atom stereocenters. The van der Waals surface area contributed by atoms with Gasteiger partial charge >= 0.3 is 12.1 Å². The fourth-order valence-corrected chi connectivity index (χ4v) is 4.28. The zero-order valence-corrected chi connectivity index (χ0v) is 16.3. The number of hydrogen-bond acceptors (Lipinski definition) is 3. The first-order chi connectivity index (χ1) is 12.1. The van der Waals surface area contributed by atoms with Gasteiger partial charge < -0.3 is 14.7 Å². The summed E-state index contributed by atoms with van der Waals surface area (Å²) in [6.45, 7) is 6.04. The van der Waals surface area contributed by atoms with Crippen molar-refractivity contribution in [3.63, 3.8) is 0 Å². The zero-order valence-electron chi connectivity index (χ0n) is 15.5. The second-order valence-electron chi connectivity index (χ2n) is 8.60. The van der Waals surface area contributed by atoms with E-state index in [1.807, 2.05) is 20.8 Å². The molecule has 1 aromatic rings. The average Bonchev–Trinajstić information content (AvgIpc) is 2.88. The molecule has 1 spiro atoms. The van der Waals surface area contributed by atoms with Gasteiger partial charge in [-0.1, -0.05) is 30.2 Å². The molecule has 2 aliphatic rings. The molecule has 0 aromatic heterocycles. The van der Waals surface area contributed by atoms with Gasteiger partial charge in [-0.15, -0.1) is 0 Å². The highest BCUT2D eigenvalue weighted by molar-refractivity contribution is 6.30. The van der Waals surface area contributed by atoms with Crippen LogP contribution in [-0.2, 0) is 9.53 Å². The SMILES string of the molecule is CC(C)(C)OC(=O)N1CC2(CCC2)C[C@H]1[C@@H](C(=O)O)c1ccc(Cl)cc1. The van der Waals surface area contributed by atoms with Crippen LogP contribution in [0.1, 0.15) is 57.9 Å². The van der Waals surface area contributed by atoms with E-state index in [0.29, 0.717) is 23.6 Å². The highest BCUT2D eigenvalue weighted by Gasteiger charge is 2.53. The number of nitrogens with zero attached hydrogens (tertiary/aromatic N) is 1. The molecule has 2 atom stereocenters. The molecule has 1 N–H and O–H groups in total. The van der Waals surface area contributed by atoms with E-state index >= 15 is 0 Å². The molecule has 1 saturated carbocycles. The number of likely N-dealkylation sites (tertiary alicyclic amines) is 1. The van der Waals surface area contributed by atoms with E-state index in [4.69, 9.17) is 16.3 Å². The molecular weight excluding hydrogens is 354 g/mol. The maximum absolute atomic E-state index is 12.8. The van der Waals surface area contributed by atoms with E-state index < -0.39 is 29.6 Å². The lowest BCUT2D eigenvalue weighted by Gasteiger charge is -2.38. The zero-order chi connectivity index (χ0) is 19.1. The smallest absolute Gasteiger partial charge is 0.410 e. The van der Waals surface area contributed by atoms with Crippen molar-refractivity contribution in [1.82, 2.24) is 4.90 Å². The Morgan fingerprint density at radius 3 is 2.35 bits per heavy atom. The topological polar surface area (TPSA) is 66.8 Å². The second-order valence-corrected chi connectivity index (χ2v) is 9.04. The van der Waals surface area contributed by atoms with E-state index in [1.165, 1.54) is 0 Å². The monoisotopic (exact) mass is 379 g/mol. The lowest BCUT2D eigenvalue weighted by atomic mass is 9.66. The molecule has 1 saturated heterocycles. The van der Waals surface area contributed by atoms with Gasteiger partial charge in [-0.3, -0.25) is 4.79 Å². The molecular formula is C20H26ClNO4. The molecule has 1 aliphatic heterocycles. The van der Waals surface area contributed by atoms with Crippen LogP contribution in [0.25, 0.3) is 0 Å². The van der Waals surface area contributed by atoms with Crippen molar-refractivity contribution in [2.45, 2.75) is 64.0 Å². The van der Waals surface area contributed by atoms with Crippen molar-refractivity contribution in [1.29, 1.82) is 0 Å². The molecule has 1 aliphatic carbocycles. The Kier molecular flexibility index (Phi) is 4.95. The number of benzene rings is 1. The van der Waals surface area contributed by atoms with E-state index in [2.05, 4.69) is 0 Å². The van der Waals surface area contributed by atoms with Crippen LogP contribution in [0.15, 0.2) is 24.3 Å². The fraction of sp³-hybridized carbons (Fsp3) is 0.600. The summed E-state index contributed by atoms with van der Waals surface area (Å²) in [5, 5.41) is 10.5. The van der Waals surface area contributed by atoms with Gasteiger partial charge in [0.05, 0.1) is 6.04 Å². The van der Waals surface area contributed by atoms with Gasteiger partial charge in [0.2, 0.25) is 0 Å². The van der Waals surface area contributed by atoms with E-state index in [9.17, 15) is 14.7 Å². The Bertz CT molecular complexity index is 691. The van der Waals surface area contributed by atoms with Crippen molar-refractivity contribution in [3.8, 4) is 0 Å². The van der Waals surface area contributed by atoms with Gasteiger partial charge in [0.15, 0.2) is 0 Å². The summed E-state index contributed by atoms with van der Waals surface area (Å²) in [4.78, 5) is 26.6. The standard InChI is InChI=1S/C20H26ClNO4/c1-19(2,3)26-18(25)22-12-20(9-4-10-20)11-15(22)16(17(23)24)13-5-7-14(21)8-6-13/h5-8,15-16H,4,9-12H2,1-3H3,(H,23,24)/t15-,16-/m0/s1. The lowest BCUT2D eigenvalue weighted by molar-refractivity contribution is -0.140. The molecule has 2 fully saturated rings. The Labute approximate surface area is 159 Å². The van der Waals surface area contributed by atoms with Crippen molar-refractivity contribution >= 4 is 23.7 Å². The number of ether oxygens (including phenoxy) is 1. The summed E-state index contributed by atoms with van der Waals surface area (Å²) in [5.41, 5.74) is 0.0920. The first-order valence-corrected chi connectivity index (χ1v) is 9.46. The van der Waals surface area contributed by atoms with Crippen LogP contribution < -0.4 is 0 Å². The highest BCUT2D eigenvalue weighted by Crippen LogP contribution is 2.53. The molecule has 1 amide bonds. The molecule has 3 rings (SSSR count). The van der Waals surface area contributed by atoms with Crippen molar-refractivity contribution in [2.75, 3.05) is 6.54 Å². The Hall–Kier alpha value is -1.75. The Balaban J connectivity index is 1.92. The summed E-state index contributed by atoms with van der Waals surface area (Å²) in [6.07, 6.45) is 3.48. The van der Waals surface area contributed by atoms with Gasteiger partial charge in [0.1, 0.15) is 11.5 Å². The van der Waals surface area contributed by atoms with E-state index in [0.717, 1.165) is 19.3 Å². The number of hydrogen-bond donors (Lipinski definition) is 1. The van der Waals surface area contributed by atoms with Crippen LogP contribution in [0.3, 0.4) is 0 Å². The Morgan fingerprint density at radius 2 is 1.88 bits per heavy atom. The summed E-state index contributed by atoms with van der Waals surface area (Å²) in [6, 6.07) is 6.45. The van der Waals surface area contributed by atoms with Gasteiger partial charge in [0.25, 0.3) is 0 Å². The number of rotatable bonds is 3. The van der Waals surface area contributed by atoms with Gasteiger partial charge in [0, 0.05) is 11.6 Å². The number of carbonyl (C=O) groups excluding carboxylic acids is 1. The quantitative estimate of drug-likeness (QED) is 0.827. The normalized spacial score (nSPS) is 22.8. The largest absolute Gasteiger partial charge is 0.481 e. The second kappa shape index (κ2) is 6.76. The predicted molar refractivity (Wildman–Crippen MR) is 99.5 cm³/mol. The van der Waals surface area contributed by atoms with Gasteiger partial charge in [-0.2, -0.15) is 0 Å². The minimum atomic E-state index is -0.928. The number of amides is 1. The number of carbonyl (C=O) groups is 2. The minimum Gasteiger partial charge on any atom is -0.481 e.